The zero-order chi connectivity index (χ0) is 31.1. The molecular weight excluding hydrogens is 566 g/mol. The van der Waals surface area contributed by atoms with Crippen molar-refractivity contribution < 1.29 is 0 Å². The van der Waals surface area contributed by atoms with E-state index in [-0.39, 0.29) is 0 Å². The molecule has 4 aliphatic rings. The molecule has 0 saturated heterocycles. The molecule has 0 N–H and O–H groups in total. The highest BCUT2D eigenvalue weighted by atomic mass is 35.5. The van der Waals surface area contributed by atoms with Crippen molar-refractivity contribution in [2.24, 2.45) is 11.8 Å². The van der Waals surface area contributed by atoms with Crippen molar-refractivity contribution in [3.63, 3.8) is 0 Å². The topological polar surface area (TPSA) is 4.93 Å². The highest BCUT2D eigenvalue weighted by molar-refractivity contribution is 6.32. The standard InChI is InChI=1S/C43H46ClN/c1-5-7-14-34-35(36-17-10-15-32-28(3)19-23-37(34)41(32)36)24-21-30-12-9-13-31(43(30)44)22-26-39-38-18-11-16-33-29(4)20-25-40(42(33)38)45(39)27-8-6-2/h10-11,15-26,36,41H,5-9,12-14,27H2,1-4H3/b24-21+,31-22+,39-26+. The monoisotopic (exact) mass is 611 g/mol. The molecule has 1 nitrogen and oxygen atoms in total. The van der Waals surface area contributed by atoms with Gasteiger partial charge < -0.3 is 4.57 Å². The molecule has 2 atom stereocenters. The maximum atomic E-state index is 7.25. The number of benzene rings is 2. The molecule has 1 aromatic heterocycles. The van der Waals surface area contributed by atoms with Crippen molar-refractivity contribution in [3.05, 3.63) is 134 Å². The second-order valence-corrected chi connectivity index (χ2v) is 13.8. The number of rotatable bonds is 9. The Kier molecular flexibility index (Phi) is 8.49. The van der Waals surface area contributed by atoms with Gasteiger partial charge in [-0.2, -0.15) is 0 Å². The van der Waals surface area contributed by atoms with E-state index in [1.54, 1.807) is 11.1 Å². The summed E-state index contributed by atoms with van der Waals surface area (Å²) in [6.45, 7) is 10.1. The van der Waals surface area contributed by atoms with E-state index < -0.39 is 0 Å². The Balaban J connectivity index is 1.28. The van der Waals surface area contributed by atoms with E-state index in [4.69, 9.17) is 11.6 Å². The van der Waals surface area contributed by atoms with Gasteiger partial charge in [-0.05, 0) is 114 Å². The van der Waals surface area contributed by atoms with Crippen molar-refractivity contribution in [1.82, 2.24) is 4.57 Å². The summed E-state index contributed by atoms with van der Waals surface area (Å²) in [6, 6.07) is 11.4. The Hall–Kier alpha value is -3.55. The number of unbranched alkanes of at least 4 members (excludes halogenated alkanes) is 2. The van der Waals surface area contributed by atoms with Crippen LogP contribution in [0.5, 0.6) is 0 Å². The van der Waals surface area contributed by atoms with Crippen molar-refractivity contribution in [1.29, 1.82) is 0 Å². The summed E-state index contributed by atoms with van der Waals surface area (Å²) in [5, 5.41) is 6.35. The number of aromatic nitrogens is 1. The van der Waals surface area contributed by atoms with Crippen LogP contribution < -0.4 is 5.35 Å². The number of aryl methyl sites for hydroxylation is 2. The van der Waals surface area contributed by atoms with Crippen LogP contribution in [0.15, 0.2) is 123 Å². The maximum Gasteiger partial charge on any atom is 0.0497 e. The van der Waals surface area contributed by atoms with E-state index in [1.165, 1.54) is 86.1 Å². The molecule has 230 valence electrons. The first-order valence-corrected chi connectivity index (χ1v) is 17.7. The summed E-state index contributed by atoms with van der Waals surface area (Å²) < 4.78 is 2.54. The molecule has 0 radical (unpaired) electrons. The molecular formula is C43H46ClN. The first kappa shape index (κ1) is 30.1. The third-order valence-electron chi connectivity index (χ3n) is 10.6. The average molecular weight is 612 g/mol. The zero-order valence-electron chi connectivity index (χ0n) is 27.4. The summed E-state index contributed by atoms with van der Waals surface area (Å²) in [7, 11) is 0. The Morgan fingerprint density at radius 1 is 0.889 bits per heavy atom. The molecule has 2 unspecified atom stereocenters. The third kappa shape index (κ3) is 5.28. The van der Waals surface area contributed by atoms with Crippen LogP contribution in [0.4, 0.5) is 0 Å². The van der Waals surface area contributed by atoms with Gasteiger partial charge in [0.15, 0.2) is 0 Å². The van der Waals surface area contributed by atoms with Gasteiger partial charge in [-0.1, -0.05) is 111 Å². The van der Waals surface area contributed by atoms with Gasteiger partial charge in [0, 0.05) is 45.1 Å². The first-order chi connectivity index (χ1) is 22.0. The quantitative estimate of drug-likeness (QED) is 0.227. The fourth-order valence-corrected chi connectivity index (χ4v) is 8.51. The van der Waals surface area contributed by atoms with Gasteiger partial charge >= 0.3 is 0 Å². The Bertz CT molecular complexity index is 1970. The van der Waals surface area contributed by atoms with Crippen molar-refractivity contribution in [2.45, 2.75) is 85.6 Å². The number of halogens is 1. The smallest absolute Gasteiger partial charge is 0.0497 e. The van der Waals surface area contributed by atoms with Gasteiger partial charge in [0.1, 0.15) is 0 Å². The van der Waals surface area contributed by atoms with Crippen LogP contribution in [0.1, 0.15) is 77.7 Å². The molecule has 3 aromatic rings. The lowest BCUT2D eigenvalue weighted by atomic mass is 9.74. The van der Waals surface area contributed by atoms with Gasteiger partial charge in [0.25, 0.3) is 0 Å². The van der Waals surface area contributed by atoms with Crippen molar-refractivity contribution >= 4 is 39.4 Å². The predicted molar refractivity (Wildman–Crippen MR) is 195 cm³/mol. The molecule has 0 amide bonds. The largest absolute Gasteiger partial charge is 0.340 e. The summed E-state index contributed by atoms with van der Waals surface area (Å²) in [6.07, 6.45) is 30.4. The van der Waals surface area contributed by atoms with Crippen molar-refractivity contribution in [2.75, 3.05) is 0 Å². The van der Waals surface area contributed by atoms with Crippen LogP contribution >= 0.6 is 11.6 Å². The van der Waals surface area contributed by atoms with Crippen LogP contribution in [0, 0.1) is 18.8 Å². The lowest BCUT2D eigenvalue weighted by molar-refractivity contribution is 0.620. The summed E-state index contributed by atoms with van der Waals surface area (Å²) >= 11 is 7.25. The summed E-state index contributed by atoms with van der Waals surface area (Å²) in [5.41, 5.74) is 12.7. The minimum absolute atomic E-state index is 0.426. The van der Waals surface area contributed by atoms with Crippen LogP contribution in [0.3, 0.4) is 0 Å². The van der Waals surface area contributed by atoms with Gasteiger partial charge in [-0.3, -0.25) is 0 Å². The van der Waals surface area contributed by atoms with Gasteiger partial charge in [0.2, 0.25) is 0 Å². The fourth-order valence-electron chi connectivity index (χ4n) is 8.20. The van der Waals surface area contributed by atoms with Crippen LogP contribution in [0.2, 0.25) is 0 Å². The molecule has 0 spiro atoms. The maximum absolute atomic E-state index is 7.25. The minimum Gasteiger partial charge on any atom is -0.340 e. The van der Waals surface area contributed by atoms with Gasteiger partial charge in [0.05, 0.1) is 0 Å². The second kappa shape index (κ2) is 12.7. The van der Waals surface area contributed by atoms with Crippen molar-refractivity contribution in [3.8, 4) is 0 Å². The average Bonchev–Trinajstić information content (AvgIpc) is 3.53. The lowest BCUT2D eigenvalue weighted by Gasteiger charge is -2.29. The van der Waals surface area contributed by atoms with E-state index >= 15 is 0 Å². The Morgan fingerprint density at radius 3 is 2.58 bits per heavy atom. The van der Waals surface area contributed by atoms with E-state index in [0.717, 1.165) is 37.3 Å². The van der Waals surface area contributed by atoms with Gasteiger partial charge in [-0.25, -0.2) is 0 Å². The molecule has 0 fully saturated rings. The van der Waals surface area contributed by atoms with Crippen LogP contribution in [-0.2, 0) is 6.54 Å². The number of hydrogen-bond donors (Lipinski definition) is 0. The minimum atomic E-state index is 0.426. The second-order valence-electron chi connectivity index (χ2n) is 13.4. The Morgan fingerprint density at radius 2 is 1.73 bits per heavy atom. The molecule has 0 bridgehead atoms. The predicted octanol–water partition coefficient (Wildman–Crippen LogP) is 11.7. The molecule has 0 saturated carbocycles. The highest BCUT2D eigenvalue weighted by Gasteiger charge is 2.40. The normalized spacial score (nSPS) is 22.8. The van der Waals surface area contributed by atoms with Crippen LogP contribution in [0.25, 0.3) is 27.8 Å². The summed E-state index contributed by atoms with van der Waals surface area (Å²) in [4.78, 5) is 0. The highest BCUT2D eigenvalue weighted by Crippen LogP contribution is 2.53. The van der Waals surface area contributed by atoms with Crippen LogP contribution in [-0.4, -0.2) is 4.57 Å². The lowest BCUT2D eigenvalue weighted by Crippen LogP contribution is -2.18. The molecule has 2 aromatic carbocycles. The van der Waals surface area contributed by atoms with E-state index in [0.29, 0.717) is 11.8 Å². The van der Waals surface area contributed by atoms with E-state index in [9.17, 15) is 0 Å². The third-order valence-corrected chi connectivity index (χ3v) is 11.1. The van der Waals surface area contributed by atoms with Gasteiger partial charge in [-0.15, -0.1) is 0 Å². The molecule has 45 heavy (non-hydrogen) atoms. The summed E-state index contributed by atoms with van der Waals surface area (Å²) in [5.74, 6) is 0.902. The zero-order valence-corrected chi connectivity index (χ0v) is 28.2. The molecule has 2 heteroatoms. The first-order valence-electron chi connectivity index (χ1n) is 17.3. The van der Waals surface area contributed by atoms with E-state index in [1.807, 2.05) is 0 Å². The number of nitrogens with zero attached hydrogens (tertiary/aromatic N) is 1. The molecule has 7 rings (SSSR count). The van der Waals surface area contributed by atoms with E-state index in [2.05, 4.69) is 117 Å². The fraction of sp³-hybridized carbons (Fsp3) is 0.349. The number of hydrogen-bond acceptors (Lipinski definition) is 0. The number of allylic oxidation sites excluding steroid dienone is 16. The molecule has 0 aliphatic heterocycles. The molecule has 4 aliphatic carbocycles. The SMILES string of the molecule is CCCCC1=C(/C=C/C2=C(Cl)C(=C/C=c3\c4cccc5c(C)ccc(c54)n3CCCC)/CCC2)C2C=CC=C3C(C)=CC=C1C32. The Labute approximate surface area is 274 Å². The molecule has 1 heterocycles.